The average molecular weight is 274 g/mol. The van der Waals surface area contributed by atoms with Gasteiger partial charge >= 0.3 is 5.97 Å². The van der Waals surface area contributed by atoms with Crippen LogP contribution in [0.5, 0.6) is 0 Å². The van der Waals surface area contributed by atoms with Gasteiger partial charge in [0.05, 0.1) is 5.92 Å². The summed E-state index contributed by atoms with van der Waals surface area (Å²) in [4.78, 5) is 13.0. The number of hydrogen-bond acceptors (Lipinski definition) is 4. The molecule has 0 spiro atoms. The van der Waals surface area contributed by atoms with E-state index in [2.05, 4.69) is 5.16 Å². The Labute approximate surface area is 117 Å². The molecular formula is C15H18N2O3. The number of aromatic nitrogens is 1. The lowest BCUT2D eigenvalue weighted by Crippen LogP contribution is -2.31. The molecule has 5 heteroatoms. The van der Waals surface area contributed by atoms with Crippen molar-refractivity contribution in [3.8, 4) is 0 Å². The molecule has 1 atom stereocenters. The third-order valence-corrected chi connectivity index (χ3v) is 3.07. The van der Waals surface area contributed by atoms with E-state index in [-0.39, 0.29) is 0 Å². The molecule has 0 aliphatic carbocycles. The maximum absolute atomic E-state index is 11.1. The molecule has 20 heavy (non-hydrogen) atoms. The van der Waals surface area contributed by atoms with Crippen LogP contribution in [0, 0.1) is 12.8 Å². The molecule has 1 unspecified atom stereocenters. The highest BCUT2D eigenvalue weighted by Gasteiger charge is 2.19. The molecule has 2 rings (SSSR count). The topological polar surface area (TPSA) is 66.6 Å². The molecular weight excluding hydrogens is 256 g/mol. The summed E-state index contributed by atoms with van der Waals surface area (Å²) in [6, 6.07) is 11.7. The molecule has 0 amide bonds. The van der Waals surface area contributed by atoms with Crippen molar-refractivity contribution in [2.75, 3.05) is 11.4 Å². The second kappa shape index (κ2) is 6.23. The molecule has 106 valence electrons. The van der Waals surface area contributed by atoms with Gasteiger partial charge in [0.2, 0.25) is 0 Å². The number of nitrogens with zero attached hydrogens (tertiary/aromatic N) is 2. The predicted molar refractivity (Wildman–Crippen MR) is 75.5 cm³/mol. The third-order valence-electron chi connectivity index (χ3n) is 3.07. The van der Waals surface area contributed by atoms with Gasteiger partial charge in [-0.15, -0.1) is 0 Å². The van der Waals surface area contributed by atoms with Gasteiger partial charge in [0.25, 0.3) is 0 Å². The lowest BCUT2D eigenvalue weighted by atomic mass is 10.1. The van der Waals surface area contributed by atoms with Crippen LogP contribution in [-0.4, -0.2) is 22.8 Å². The van der Waals surface area contributed by atoms with Crippen molar-refractivity contribution in [2.24, 2.45) is 5.92 Å². The number of aliphatic carboxylic acids is 1. The van der Waals surface area contributed by atoms with Crippen molar-refractivity contribution in [3.63, 3.8) is 0 Å². The van der Waals surface area contributed by atoms with E-state index in [0.29, 0.717) is 24.7 Å². The second-order valence-corrected chi connectivity index (χ2v) is 4.90. The van der Waals surface area contributed by atoms with E-state index in [0.717, 1.165) is 5.56 Å². The minimum absolute atomic E-state index is 0.385. The lowest BCUT2D eigenvalue weighted by molar-refractivity contribution is -0.140. The van der Waals surface area contributed by atoms with Gasteiger partial charge < -0.3 is 14.5 Å². The molecule has 1 aromatic carbocycles. The Morgan fingerprint density at radius 1 is 1.40 bits per heavy atom. The lowest BCUT2D eigenvalue weighted by Gasteiger charge is -2.23. The van der Waals surface area contributed by atoms with Gasteiger partial charge in [-0.05, 0) is 12.5 Å². The number of aryl methyl sites for hydroxylation is 1. The van der Waals surface area contributed by atoms with Crippen LogP contribution in [0.4, 0.5) is 5.82 Å². The van der Waals surface area contributed by atoms with Gasteiger partial charge in [-0.3, -0.25) is 4.79 Å². The van der Waals surface area contributed by atoms with Crippen LogP contribution in [0.15, 0.2) is 40.9 Å². The zero-order chi connectivity index (χ0) is 14.5. The van der Waals surface area contributed by atoms with Gasteiger partial charge in [0, 0.05) is 19.2 Å². The minimum atomic E-state index is -0.816. The summed E-state index contributed by atoms with van der Waals surface area (Å²) in [6.07, 6.45) is 0. The maximum Gasteiger partial charge on any atom is 0.308 e. The zero-order valence-corrected chi connectivity index (χ0v) is 11.6. The molecule has 0 bridgehead atoms. The highest BCUT2D eigenvalue weighted by molar-refractivity contribution is 5.70. The number of rotatable bonds is 6. The number of anilines is 1. The van der Waals surface area contributed by atoms with Crippen molar-refractivity contribution in [3.05, 3.63) is 47.7 Å². The monoisotopic (exact) mass is 274 g/mol. The number of benzene rings is 1. The van der Waals surface area contributed by atoms with E-state index >= 15 is 0 Å². The second-order valence-electron chi connectivity index (χ2n) is 4.90. The Hall–Kier alpha value is -2.30. The summed E-state index contributed by atoms with van der Waals surface area (Å²) < 4.78 is 5.09. The van der Waals surface area contributed by atoms with Crippen LogP contribution in [0.3, 0.4) is 0 Å². The fraction of sp³-hybridized carbons (Fsp3) is 0.333. The van der Waals surface area contributed by atoms with Gasteiger partial charge in [0.1, 0.15) is 5.76 Å². The van der Waals surface area contributed by atoms with Crippen molar-refractivity contribution in [2.45, 2.75) is 20.4 Å². The number of carboxylic acid groups (broad SMARTS) is 1. The van der Waals surface area contributed by atoms with Gasteiger partial charge in [-0.1, -0.05) is 42.4 Å². The Morgan fingerprint density at radius 3 is 2.65 bits per heavy atom. The first-order chi connectivity index (χ1) is 9.56. The first-order valence-corrected chi connectivity index (χ1v) is 6.51. The first kappa shape index (κ1) is 14.1. The van der Waals surface area contributed by atoms with Crippen LogP contribution >= 0.6 is 0 Å². The van der Waals surface area contributed by atoms with E-state index < -0.39 is 11.9 Å². The van der Waals surface area contributed by atoms with E-state index in [1.807, 2.05) is 48.2 Å². The van der Waals surface area contributed by atoms with Crippen LogP contribution in [0.2, 0.25) is 0 Å². The molecule has 1 heterocycles. The molecule has 2 aromatic rings. The molecule has 0 radical (unpaired) electrons. The predicted octanol–water partition coefficient (Wildman–Crippen LogP) is 2.71. The number of carboxylic acids is 1. The molecule has 0 saturated carbocycles. The van der Waals surface area contributed by atoms with Gasteiger partial charge in [-0.25, -0.2) is 0 Å². The summed E-state index contributed by atoms with van der Waals surface area (Å²) in [7, 11) is 0. The summed E-state index contributed by atoms with van der Waals surface area (Å²) in [6.45, 7) is 4.49. The number of hydrogen-bond donors (Lipinski definition) is 1. The number of carbonyl (C=O) groups is 1. The Kier molecular flexibility index (Phi) is 4.40. The van der Waals surface area contributed by atoms with Crippen molar-refractivity contribution < 1.29 is 14.4 Å². The van der Waals surface area contributed by atoms with E-state index in [9.17, 15) is 4.79 Å². The largest absolute Gasteiger partial charge is 0.481 e. The molecule has 1 N–H and O–H groups in total. The third kappa shape index (κ3) is 3.60. The average Bonchev–Trinajstić information content (AvgIpc) is 2.85. The van der Waals surface area contributed by atoms with Crippen molar-refractivity contribution in [1.82, 2.24) is 5.16 Å². The Balaban J connectivity index is 2.18. The van der Waals surface area contributed by atoms with Crippen LogP contribution in [0.1, 0.15) is 18.2 Å². The zero-order valence-electron chi connectivity index (χ0n) is 11.6. The molecule has 0 saturated heterocycles. The van der Waals surface area contributed by atoms with E-state index in [1.54, 1.807) is 6.92 Å². The summed E-state index contributed by atoms with van der Waals surface area (Å²) in [5.74, 6) is 0.0829. The maximum atomic E-state index is 11.1. The van der Waals surface area contributed by atoms with E-state index in [1.165, 1.54) is 0 Å². The van der Waals surface area contributed by atoms with E-state index in [4.69, 9.17) is 9.63 Å². The standard InChI is InChI=1S/C15H18N2O3/c1-11(15(18)19)9-17(14-8-12(2)20-16-14)10-13-6-4-3-5-7-13/h3-8,11H,9-10H2,1-2H3,(H,18,19). The molecule has 0 aliphatic heterocycles. The molecule has 0 aliphatic rings. The van der Waals surface area contributed by atoms with Gasteiger partial charge in [0.15, 0.2) is 5.82 Å². The molecule has 0 fully saturated rings. The van der Waals surface area contributed by atoms with Crippen molar-refractivity contribution in [1.29, 1.82) is 0 Å². The normalized spacial score (nSPS) is 12.1. The summed E-state index contributed by atoms with van der Waals surface area (Å²) >= 11 is 0. The fourth-order valence-corrected chi connectivity index (χ4v) is 1.95. The highest BCUT2D eigenvalue weighted by atomic mass is 16.5. The highest BCUT2D eigenvalue weighted by Crippen LogP contribution is 2.18. The quantitative estimate of drug-likeness (QED) is 0.877. The first-order valence-electron chi connectivity index (χ1n) is 6.51. The van der Waals surface area contributed by atoms with Crippen molar-refractivity contribution >= 4 is 11.8 Å². The summed E-state index contributed by atoms with van der Waals surface area (Å²) in [5, 5.41) is 13.1. The SMILES string of the molecule is Cc1cc(N(Cc2ccccc2)CC(C)C(=O)O)no1. The Morgan fingerprint density at radius 2 is 2.10 bits per heavy atom. The summed E-state index contributed by atoms with van der Waals surface area (Å²) in [5.41, 5.74) is 1.10. The van der Waals surface area contributed by atoms with Crippen LogP contribution < -0.4 is 4.90 Å². The molecule has 1 aromatic heterocycles. The fourth-order valence-electron chi connectivity index (χ4n) is 1.95. The minimum Gasteiger partial charge on any atom is -0.481 e. The van der Waals surface area contributed by atoms with Crippen LogP contribution in [-0.2, 0) is 11.3 Å². The smallest absolute Gasteiger partial charge is 0.308 e. The molecule has 5 nitrogen and oxygen atoms in total. The van der Waals surface area contributed by atoms with Crippen LogP contribution in [0.25, 0.3) is 0 Å². The van der Waals surface area contributed by atoms with Gasteiger partial charge in [-0.2, -0.15) is 0 Å². The Bertz CT molecular complexity index is 566.